The molecule has 0 aliphatic heterocycles. The minimum atomic E-state index is 0. The summed E-state index contributed by atoms with van der Waals surface area (Å²) in [5, 5.41) is 5.25. The fourth-order valence-corrected chi connectivity index (χ4v) is 4.60. The molecule has 0 amide bonds. The molecule has 0 aliphatic rings. The van der Waals surface area contributed by atoms with E-state index in [9.17, 15) is 0 Å². The van der Waals surface area contributed by atoms with Crippen molar-refractivity contribution in [1.29, 1.82) is 0 Å². The second-order valence-corrected chi connectivity index (χ2v) is 7.84. The molecule has 1 heterocycles. The van der Waals surface area contributed by atoms with E-state index in [1.807, 2.05) is 12.1 Å². The van der Waals surface area contributed by atoms with Crippen LogP contribution < -0.4 is 0 Å². The van der Waals surface area contributed by atoms with Crippen LogP contribution in [0, 0.1) is 6.07 Å². The molecular weight excluding hydrogens is 451 g/mol. The van der Waals surface area contributed by atoms with Crippen LogP contribution in [0.1, 0.15) is 0 Å². The van der Waals surface area contributed by atoms with Gasteiger partial charge in [-0.25, -0.2) is 0 Å². The molecule has 1 aromatic heterocycles. The largest absolute Gasteiger partial charge is 0.344 e. The SMILES string of the molecule is Cn1c2ccc(-c3ccc(-c4cc[c-]cc4)cc3)cc2c2c3ccccc3ccc21.[Y]. The monoisotopic (exact) mass is 471 g/mol. The average molecular weight is 471 g/mol. The number of nitrogens with zero attached hydrogens (tertiary/aromatic N) is 1. The molecule has 0 atom stereocenters. The minimum absolute atomic E-state index is 0. The normalized spacial score (nSPS) is 11.1. The molecule has 0 spiro atoms. The van der Waals surface area contributed by atoms with Crippen LogP contribution >= 0.6 is 0 Å². The van der Waals surface area contributed by atoms with Gasteiger partial charge in [0.05, 0.1) is 0 Å². The third-order valence-electron chi connectivity index (χ3n) is 6.17. The van der Waals surface area contributed by atoms with Gasteiger partial charge in [-0.2, -0.15) is 30.3 Å². The fraction of sp³-hybridized carbons (Fsp3) is 0.0345. The van der Waals surface area contributed by atoms with Crippen LogP contribution in [0.15, 0.2) is 103 Å². The molecule has 0 saturated carbocycles. The maximum atomic E-state index is 3.08. The minimum Gasteiger partial charge on any atom is -0.344 e. The summed E-state index contributed by atoms with van der Waals surface area (Å²) in [5.41, 5.74) is 7.47. The van der Waals surface area contributed by atoms with Crippen molar-refractivity contribution in [3.8, 4) is 22.3 Å². The molecule has 0 saturated heterocycles. The van der Waals surface area contributed by atoms with Gasteiger partial charge in [-0.1, -0.05) is 60.7 Å². The van der Waals surface area contributed by atoms with Crippen molar-refractivity contribution in [3.05, 3.63) is 109 Å². The number of hydrogen-bond acceptors (Lipinski definition) is 0. The van der Waals surface area contributed by atoms with Gasteiger partial charge < -0.3 is 4.57 Å². The molecule has 2 heteroatoms. The maximum Gasteiger partial charge on any atom is 0.0495 e. The van der Waals surface area contributed by atoms with Gasteiger partial charge in [-0.3, -0.25) is 0 Å². The van der Waals surface area contributed by atoms with Gasteiger partial charge in [0.2, 0.25) is 0 Å². The predicted octanol–water partition coefficient (Wildman–Crippen LogP) is 7.62. The first kappa shape index (κ1) is 20.2. The summed E-state index contributed by atoms with van der Waals surface area (Å²) in [6, 6.07) is 40.0. The van der Waals surface area contributed by atoms with Crippen LogP contribution in [0.4, 0.5) is 0 Å². The molecule has 0 N–H and O–H groups in total. The van der Waals surface area contributed by atoms with Gasteiger partial charge in [0, 0.05) is 61.6 Å². The van der Waals surface area contributed by atoms with Crippen molar-refractivity contribution in [1.82, 2.24) is 4.57 Å². The predicted molar refractivity (Wildman–Crippen MR) is 128 cm³/mol. The van der Waals surface area contributed by atoms with E-state index in [2.05, 4.69) is 109 Å². The molecule has 6 aromatic rings. The topological polar surface area (TPSA) is 4.93 Å². The van der Waals surface area contributed by atoms with Crippen LogP contribution in [-0.2, 0) is 39.8 Å². The number of hydrogen-bond donors (Lipinski definition) is 0. The van der Waals surface area contributed by atoms with Crippen LogP contribution in [0.25, 0.3) is 54.8 Å². The molecular formula is C29H20NY-. The van der Waals surface area contributed by atoms with E-state index in [0.29, 0.717) is 0 Å². The Bertz CT molecular complexity index is 1530. The first-order chi connectivity index (χ1) is 14.8. The van der Waals surface area contributed by atoms with E-state index in [1.54, 1.807) is 0 Å². The quantitative estimate of drug-likeness (QED) is 0.229. The Balaban J connectivity index is 0.00000204. The van der Waals surface area contributed by atoms with Gasteiger partial charge in [0.15, 0.2) is 0 Å². The van der Waals surface area contributed by atoms with Crippen molar-refractivity contribution >= 4 is 32.6 Å². The van der Waals surface area contributed by atoms with Crippen molar-refractivity contribution < 1.29 is 32.7 Å². The zero-order chi connectivity index (χ0) is 20.1. The van der Waals surface area contributed by atoms with Crippen molar-refractivity contribution in [2.24, 2.45) is 7.05 Å². The standard InChI is InChI=1S/C29H20N.Y/c1-30-27-17-16-24(22-13-11-21(12-14-22)20-7-3-2-4-8-20)19-26(27)29-25-10-6-5-9-23(25)15-18-28(29)30;/h3-19H,1H3;/q-1;. The van der Waals surface area contributed by atoms with Crippen molar-refractivity contribution in [3.63, 3.8) is 0 Å². The number of aromatic nitrogens is 1. The number of fused-ring (bicyclic) bond motifs is 5. The van der Waals surface area contributed by atoms with Gasteiger partial charge in [-0.05, 0) is 45.7 Å². The van der Waals surface area contributed by atoms with Crippen LogP contribution in [0.5, 0.6) is 0 Å². The average Bonchev–Trinajstić information content (AvgIpc) is 3.11. The second-order valence-electron chi connectivity index (χ2n) is 7.84. The summed E-state index contributed by atoms with van der Waals surface area (Å²) < 4.78 is 2.30. The Morgan fingerprint density at radius 1 is 0.581 bits per heavy atom. The van der Waals surface area contributed by atoms with Gasteiger partial charge in [0.25, 0.3) is 0 Å². The molecule has 1 nitrogen and oxygen atoms in total. The van der Waals surface area contributed by atoms with Gasteiger partial charge >= 0.3 is 0 Å². The third-order valence-corrected chi connectivity index (χ3v) is 6.17. The van der Waals surface area contributed by atoms with E-state index < -0.39 is 0 Å². The summed E-state index contributed by atoms with van der Waals surface area (Å²) in [5.74, 6) is 0. The Morgan fingerprint density at radius 3 is 1.97 bits per heavy atom. The summed E-state index contributed by atoms with van der Waals surface area (Å²) in [4.78, 5) is 0. The van der Waals surface area contributed by atoms with Crippen molar-refractivity contribution in [2.45, 2.75) is 0 Å². The van der Waals surface area contributed by atoms with Gasteiger partial charge in [0.1, 0.15) is 0 Å². The van der Waals surface area contributed by atoms with Crippen molar-refractivity contribution in [2.75, 3.05) is 0 Å². The zero-order valence-corrected chi connectivity index (χ0v) is 20.2. The Labute approximate surface area is 207 Å². The Morgan fingerprint density at radius 2 is 1.19 bits per heavy atom. The van der Waals surface area contributed by atoms with E-state index in [1.165, 1.54) is 54.8 Å². The van der Waals surface area contributed by atoms with E-state index in [4.69, 9.17) is 0 Å². The number of aryl methyl sites for hydroxylation is 1. The van der Waals surface area contributed by atoms with E-state index >= 15 is 0 Å². The van der Waals surface area contributed by atoms with E-state index in [0.717, 1.165) is 0 Å². The molecule has 0 bridgehead atoms. The molecule has 145 valence electrons. The van der Waals surface area contributed by atoms with Crippen LogP contribution in [-0.4, -0.2) is 4.57 Å². The molecule has 0 unspecified atom stereocenters. The van der Waals surface area contributed by atoms with Gasteiger partial charge in [-0.15, -0.1) is 5.56 Å². The maximum absolute atomic E-state index is 3.08. The Kier molecular flexibility index (Phi) is 5.26. The molecule has 5 aromatic carbocycles. The smallest absolute Gasteiger partial charge is 0.0495 e. The molecule has 0 fully saturated rings. The first-order valence-corrected chi connectivity index (χ1v) is 10.3. The second kappa shape index (κ2) is 8.07. The summed E-state index contributed by atoms with van der Waals surface area (Å²) in [7, 11) is 2.16. The molecule has 1 radical (unpaired) electrons. The summed E-state index contributed by atoms with van der Waals surface area (Å²) in [6.45, 7) is 0. The number of benzene rings is 5. The third kappa shape index (κ3) is 3.33. The van der Waals surface area contributed by atoms with E-state index in [-0.39, 0.29) is 32.7 Å². The zero-order valence-electron chi connectivity index (χ0n) is 17.3. The summed E-state index contributed by atoms with van der Waals surface area (Å²) in [6.07, 6.45) is 0. The fourth-order valence-electron chi connectivity index (χ4n) is 4.60. The molecule has 6 rings (SSSR count). The van der Waals surface area contributed by atoms with Crippen LogP contribution in [0.3, 0.4) is 0 Å². The van der Waals surface area contributed by atoms with Crippen LogP contribution in [0.2, 0.25) is 0 Å². The summed E-state index contributed by atoms with van der Waals surface area (Å²) >= 11 is 0. The molecule has 31 heavy (non-hydrogen) atoms. The number of rotatable bonds is 2. The molecule has 0 aliphatic carbocycles. The first-order valence-electron chi connectivity index (χ1n) is 10.3. The Hall–Kier alpha value is -2.74.